The highest BCUT2D eigenvalue weighted by Crippen LogP contribution is 2.36. The van der Waals surface area contributed by atoms with Crippen molar-refractivity contribution in [2.45, 2.75) is 6.42 Å². The SMILES string of the molecule is O=C1Cc2cc(O)ccc2N1c1ccccc1. The van der Waals surface area contributed by atoms with Gasteiger partial charge in [-0.1, -0.05) is 18.2 Å². The van der Waals surface area contributed by atoms with E-state index in [0.29, 0.717) is 6.42 Å². The zero-order chi connectivity index (χ0) is 11.8. The zero-order valence-electron chi connectivity index (χ0n) is 9.13. The van der Waals surface area contributed by atoms with Gasteiger partial charge >= 0.3 is 0 Å². The van der Waals surface area contributed by atoms with E-state index < -0.39 is 0 Å². The smallest absolute Gasteiger partial charge is 0.236 e. The first-order valence-corrected chi connectivity index (χ1v) is 5.45. The molecule has 2 aromatic carbocycles. The van der Waals surface area contributed by atoms with Gasteiger partial charge in [0.1, 0.15) is 5.75 Å². The third-order valence-corrected chi connectivity index (χ3v) is 2.91. The molecule has 3 heteroatoms. The molecule has 0 bridgehead atoms. The van der Waals surface area contributed by atoms with Crippen molar-refractivity contribution in [2.75, 3.05) is 4.90 Å². The topological polar surface area (TPSA) is 40.5 Å². The van der Waals surface area contributed by atoms with Gasteiger partial charge in [0.25, 0.3) is 0 Å². The van der Waals surface area contributed by atoms with E-state index in [-0.39, 0.29) is 11.7 Å². The average Bonchev–Trinajstić information content (AvgIpc) is 2.65. The maximum Gasteiger partial charge on any atom is 0.236 e. The summed E-state index contributed by atoms with van der Waals surface area (Å²) in [5.41, 5.74) is 2.60. The molecule has 0 saturated carbocycles. The van der Waals surface area contributed by atoms with Crippen molar-refractivity contribution in [1.29, 1.82) is 0 Å². The predicted octanol–water partition coefficient (Wildman–Crippen LogP) is 2.61. The molecule has 0 unspecified atom stereocenters. The molecule has 1 amide bonds. The van der Waals surface area contributed by atoms with Crippen molar-refractivity contribution >= 4 is 17.3 Å². The Morgan fingerprint density at radius 2 is 1.82 bits per heavy atom. The quantitative estimate of drug-likeness (QED) is 0.810. The lowest BCUT2D eigenvalue weighted by Crippen LogP contribution is -2.20. The third kappa shape index (κ3) is 1.56. The first-order valence-electron chi connectivity index (χ1n) is 5.45. The van der Waals surface area contributed by atoms with Gasteiger partial charge in [-0.05, 0) is 35.9 Å². The number of amides is 1. The molecule has 3 rings (SSSR count). The van der Waals surface area contributed by atoms with Crippen LogP contribution in [0.15, 0.2) is 48.5 Å². The van der Waals surface area contributed by atoms with Crippen LogP contribution in [0.4, 0.5) is 11.4 Å². The molecule has 3 nitrogen and oxygen atoms in total. The van der Waals surface area contributed by atoms with E-state index in [0.717, 1.165) is 16.9 Å². The Hall–Kier alpha value is -2.29. The minimum atomic E-state index is 0.0387. The number of anilines is 2. The van der Waals surface area contributed by atoms with E-state index in [1.54, 1.807) is 23.1 Å². The molecule has 0 saturated heterocycles. The number of rotatable bonds is 1. The molecule has 1 aliphatic rings. The van der Waals surface area contributed by atoms with Crippen molar-refractivity contribution in [3.63, 3.8) is 0 Å². The first kappa shape index (κ1) is 9.90. The summed E-state index contributed by atoms with van der Waals surface area (Å²) in [4.78, 5) is 13.7. The summed E-state index contributed by atoms with van der Waals surface area (Å²) in [6.45, 7) is 0. The van der Waals surface area contributed by atoms with Crippen LogP contribution in [0.25, 0.3) is 0 Å². The molecule has 2 aromatic rings. The lowest BCUT2D eigenvalue weighted by molar-refractivity contribution is -0.116. The van der Waals surface area contributed by atoms with Crippen LogP contribution in [0.5, 0.6) is 5.75 Å². The number of carbonyl (C=O) groups is 1. The minimum absolute atomic E-state index is 0.0387. The van der Waals surface area contributed by atoms with E-state index in [4.69, 9.17) is 0 Å². The van der Waals surface area contributed by atoms with Crippen LogP contribution >= 0.6 is 0 Å². The maximum atomic E-state index is 12.0. The van der Waals surface area contributed by atoms with Gasteiger partial charge in [0.05, 0.1) is 12.1 Å². The molecule has 0 fully saturated rings. The van der Waals surface area contributed by atoms with Crippen LogP contribution in [-0.2, 0) is 11.2 Å². The summed E-state index contributed by atoms with van der Waals surface area (Å²) in [6.07, 6.45) is 0.346. The summed E-state index contributed by atoms with van der Waals surface area (Å²) in [6, 6.07) is 14.6. The Morgan fingerprint density at radius 1 is 1.06 bits per heavy atom. The molecule has 0 aliphatic carbocycles. The van der Waals surface area contributed by atoms with E-state index in [1.807, 2.05) is 30.3 Å². The van der Waals surface area contributed by atoms with Gasteiger partial charge in [-0.3, -0.25) is 9.69 Å². The number of fused-ring (bicyclic) bond motifs is 1. The summed E-state index contributed by atoms with van der Waals surface area (Å²) in [5, 5.41) is 9.41. The van der Waals surface area contributed by atoms with Crippen molar-refractivity contribution in [2.24, 2.45) is 0 Å². The molecule has 0 spiro atoms. The second-order valence-corrected chi connectivity index (χ2v) is 4.05. The molecule has 17 heavy (non-hydrogen) atoms. The van der Waals surface area contributed by atoms with Crippen LogP contribution in [0.1, 0.15) is 5.56 Å². The molecule has 0 radical (unpaired) electrons. The molecule has 0 atom stereocenters. The third-order valence-electron chi connectivity index (χ3n) is 2.91. The minimum Gasteiger partial charge on any atom is -0.508 e. The summed E-state index contributed by atoms with van der Waals surface area (Å²) in [7, 11) is 0. The van der Waals surface area contributed by atoms with Crippen molar-refractivity contribution in [3.8, 4) is 5.75 Å². The van der Waals surface area contributed by atoms with Gasteiger partial charge < -0.3 is 5.11 Å². The first-order chi connectivity index (χ1) is 8.25. The number of hydrogen-bond donors (Lipinski definition) is 1. The van der Waals surface area contributed by atoms with Crippen molar-refractivity contribution in [3.05, 3.63) is 54.1 Å². The molecule has 1 heterocycles. The highest BCUT2D eigenvalue weighted by molar-refractivity contribution is 6.07. The largest absolute Gasteiger partial charge is 0.508 e. The number of phenolic OH excluding ortho intramolecular Hbond substituents is 1. The number of nitrogens with zero attached hydrogens (tertiary/aromatic N) is 1. The Kier molecular flexibility index (Phi) is 2.11. The molecule has 0 aromatic heterocycles. The Morgan fingerprint density at radius 3 is 2.59 bits per heavy atom. The van der Waals surface area contributed by atoms with Crippen LogP contribution < -0.4 is 4.90 Å². The fraction of sp³-hybridized carbons (Fsp3) is 0.0714. The monoisotopic (exact) mass is 225 g/mol. The fourth-order valence-electron chi connectivity index (χ4n) is 2.17. The van der Waals surface area contributed by atoms with Crippen LogP contribution in [0, 0.1) is 0 Å². The molecular formula is C14H11NO2. The lowest BCUT2D eigenvalue weighted by Gasteiger charge is -2.17. The lowest BCUT2D eigenvalue weighted by atomic mass is 10.1. The standard InChI is InChI=1S/C14H11NO2/c16-12-6-7-13-10(8-12)9-14(17)15(13)11-4-2-1-3-5-11/h1-8,16H,9H2. The molecule has 84 valence electrons. The normalized spacial score (nSPS) is 13.9. The molecule has 1 aliphatic heterocycles. The van der Waals surface area contributed by atoms with Gasteiger partial charge in [-0.15, -0.1) is 0 Å². The summed E-state index contributed by atoms with van der Waals surface area (Å²) >= 11 is 0. The number of hydrogen-bond acceptors (Lipinski definition) is 2. The summed E-state index contributed by atoms with van der Waals surface area (Å²) < 4.78 is 0. The van der Waals surface area contributed by atoms with Crippen LogP contribution in [0.3, 0.4) is 0 Å². The fourth-order valence-corrected chi connectivity index (χ4v) is 2.17. The predicted molar refractivity (Wildman–Crippen MR) is 65.4 cm³/mol. The second kappa shape index (κ2) is 3.63. The number of carbonyl (C=O) groups excluding carboxylic acids is 1. The number of phenols is 1. The van der Waals surface area contributed by atoms with E-state index in [9.17, 15) is 9.90 Å². The number of benzene rings is 2. The highest BCUT2D eigenvalue weighted by atomic mass is 16.3. The summed E-state index contributed by atoms with van der Waals surface area (Å²) in [5.74, 6) is 0.239. The molecular weight excluding hydrogens is 214 g/mol. The second-order valence-electron chi connectivity index (χ2n) is 4.05. The van der Waals surface area contributed by atoms with Gasteiger partial charge in [0.15, 0.2) is 0 Å². The molecule has 1 N–H and O–H groups in total. The van der Waals surface area contributed by atoms with E-state index in [2.05, 4.69) is 0 Å². The maximum absolute atomic E-state index is 12.0. The van der Waals surface area contributed by atoms with Gasteiger partial charge in [0, 0.05) is 5.69 Å². The van der Waals surface area contributed by atoms with Crippen LogP contribution in [0.2, 0.25) is 0 Å². The Bertz CT molecular complexity index is 578. The van der Waals surface area contributed by atoms with Crippen LogP contribution in [-0.4, -0.2) is 11.0 Å². The van der Waals surface area contributed by atoms with Gasteiger partial charge in [-0.2, -0.15) is 0 Å². The number of para-hydroxylation sites is 1. The zero-order valence-corrected chi connectivity index (χ0v) is 9.13. The van der Waals surface area contributed by atoms with E-state index in [1.165, 1.54) is 0 Å². The Labute approximate surface area is 98.9 Å². The number of aromatic hydroxyl groups is 1. The average molecular weight is 225 g/mol. The highest BCUT2D eigenvalue weighted by Gasteiger charge is 2.28. The Balaban J connectivity index is 2.12. The van der Waals surface area contributed by atoms with E-state index >= 15 is 0 Å². The van der Waals surface area contributed by atoms with Gasteiger partial charge in [-0.25, -0.2) is 0 Å². The van der Waals surface area contributed by atoms with Gasteiger partial charge in [0.2, 0.25) is 5.91 Å². The van der Waals surface area contributed by atoms with Crippen molar-refractivity contribution in [1.82, 2.24) is 0 Å². The van der Waals surface area contributed by atoms with Crippen molar-refractivity contribution < 1.29 is 9.90 Å².